The summed E-state index contributed by atoms with van der Waals surface area (Å²) in [6.45, 7) is 8.21. The molecule has 0 aliphatic heterocycles. The maximum Gasteiger partial charge on any atom is 0.404 e. The van der Waals surface area contributed by atoms with Crippen LogP contribution in [-0.4, -0.2) is 52.3 Å². The van der Waals surface area contributed by atoms with E-state index in [0.717, 1.165) is 0 Å². The fourth-order valence-electron chi connectivity index (χ4n) is 1.15. The minimum atomic E-state index is -0.783. The Kier molecular flexibility index (Phi) is 8.70. The molecule has 0 aromatic carbocycles. The molecule has 0 rings (SSSR count). The van der Waals surface area contributed by atoms with Crippen LogP contribution in [0.3, 0.4) is 0 Å². The molecule has 108 valence electrons. The summed E-state index contributed by atoms with van der Waals surface area (Å²) in [7, 11) is 1.62. The number of amides is 1. The first kappa shape index (κ1) is 17.2. The highest BCUT2D eigenvalue weighted by Crippen LogP contribution is 2.22. The normalized spacial score (nSPS) is 13.3. The van der Waals surface area contributed by atoms with Crippen LogP contribution < -0.4 is 5.73 Å². The Bertz CT molecular complexity index is 227. The van der Waals surface area contributed by atoms with Gasteiger partial charge in [-0.15, -0.1) is 0 Å². The lowest BCUT2D eigenvalue weighted by atomic mass is 9.89. The lowest BCUT2D eigenvalue weighted by molar-refractivity contribution is -0.0439. The van der Waals surface area contributed by atoms with Crippen LogP contribution in [0.2, 0.25) is 0 Å². The summed E-state index contributed by atoms with van der Waals surface area (Å²) in [5.41, 5.74) is 4.80. The van der Waals surface area contributed by atoms with E-state index < -0.39 is 6.09 Å². The average Bonchev–Trinajstić information content (AvgIpc) is 2.24. The molecule has 0 saturated carbocycles. The molecule has 0 aromatic heterocycles. The monoisotopic (exact) mass is 263 g/mol. The molecule has 0 heterocycles. The Labute approximate surface area is 109 Å². The van der Waals surface area contributed by atoms with Crippen LogP contribution in [-0.2, 0) is 18.9 Å². The first-order valence-electron chi connectivity index (χ1n) is 5.98. The van der Waals surface area contributed by atoms with E-state index in [2.05, 4.69) is 0 Å². The van der Waals surface area contributed by atoms with E-state index in [1.807, 2.05) is 20.8 Å². The predicted molar refractivity (Wildman–Crippen MR) is 67.4 cm³/mol. The second-order valence-corrected chi connectivity index (χ2v) is 4.97. The van der Waals surface area contributed by atoms with Crippen molar-refractivity contribution in [3.8, 4) is 0 Å². The maximum atomic E-state index is 10.8. The average molecular weight is 263 g/mol. The summed E-state index contributed by atoms with van der Waals surface area (Å²) >= 11 is 0. The number of methoxy groups -OCH3 is 1. The zero-order valence-electron chi connectivity index (χ0n) is 11.7. The van der Waals surface area contributed by atoms with Crippen LogP contribution in [0.1, 0.15) is 20.8 Å². The standard InChI is InChI=1S/C12H25NO5/c1-12(2,3)10(18-11(13)14)9-17-8-7-16-6-5-15-4/h10H,5-9H2,1-4H3,(H2,13,14). The molecule has 1 atom stereocenters. The third-order valence-electron chi connectivity index (χ3n) is 2.30. The summed E-state index contributed by atoms with van der Waals surface area (Å²) in [5.74, 6) is 0. The van der Waals surface area contributed by atoms with Crippen LogP contribution >= 0.6 is 0 Å². The summed E-state index contributed by atoms with van der Waals surface area (Å²) in [4.78, 5) is 10.8. The molecule has 0 spiro atoms. The minimum Gasteiger partial charge on any atom is -0.443 e. The largest absolute Gasteiger partial charge is 0.443 e. The van der Waals surface area contributed by atoms with E-state index in [4.69, 9.17) is 24.7 Å². The van der Waals surface area contributed by atoms with Gasteiger partial charge in [0.05, 0.1) is 33.0 Å². The molecule has 0 aliphatic carbocycles. The van der Waals surface area contributed by atoms with Gasteiger partial charge in [0.1, 0.15) is 6.10 Å². The molecule has 0 saturated heterocycles. The van der Waals surface area contributed by atoms with Crippen molar-refractivity contribution in [1.82, 2.24) is 0 Å². The van der Waals surface area contributed by atoms with Crippen molar-refractivity contribution in [2.45, 2.75) is 26.9 Å². The van der Waals surface area contributed by atoms with Crippen molar-refractivity contribution in [2.75, 3.05) is 40.1 Å². The number of carbonyl (C=O) groups excluding carboxylic acids is 1. The second-order valence-electron chi connectivity index (χ2n) is 4.97. The molecule has 0 radical (unpaired) electrons. The Morgan fingerprint density at radius 3 is 2.17 bits per heavy atom. The number of carbonyl (C=O) groups is 1. The fourth-order valence-corrected chi connectivity index (χ4v) is 1.15. The number of primary amides is 1. The highest BCUT2D eigenvalue weighted by molar-refractivity contribution is 5.64. The van der Waals surface area contributed by atoms with Crippen molar-refractivity contribution < 1.29 is 23.7 Å². The molecule has 0 aromatic rings. The Balaban J connectivity index is 3.74. The number of hydrogen-bond donors (Lipinski definition) is 1. The molecular formula is C12H25NO5. The number of ether oxygens (including phenoxy) is 4. The third kappa shape index (κ3) is 9.21. The smallest absolute Gasteiger partial charge is 0.404 e. The molecule has 0 fully saturated rings. The lowest BCUT2D eigenvalue weighted by Crippen LogP contribution is -2.37. The van der Waals surface area contributed by atoms with E-state index in [0.29, 0.717) is 33.0 Å². The van der Waals surface area contributed by atoms with Crippen LogP contribution in [0.5, 0.6) is 0 Å². The Morgan fingerprint density at radius 2 is 1.67 bits per heavy atom. The Hall–Kier alpha value is -0.850. The van der Waals surface area contributed by atoms with Gasteiger partial charge in [0.15, 0.2) is 0 Å². The quantitative estimate of drug-likeness (QED) is 0.632. The fraction of sp³-hybridized carbons (Fsp3) is 0.917. The summed E-state index contributed by atoms with van der Waals surface area (Å²) in [6, 6.07) is 0. The number of hydrogen-bond acceptors (Lipinski definition) is 5. The van der Waals surface area contributed by atoms with Gasteiger partial charge in [-0.1, -0.05) is 20.8 Å². The van der Waals surface area contributed by atoms with E-state index in [-0.39, 0.29) is 11.5 Å². The van der Waals surface area contributed by atoms with Gasteiger partial charge in [0.2, 0.25) is 0 Å². The molecule has 2 N–H and O–H groups in total. The number of nitrogens with two attached hydrogens (primary N) is 1. The minimum absolute atomic E-state index is 0.216. The summed E-state index contributed by atoms with van der Waals surface area (Å²) in [6.07, 6.45) is -1.15. The van der Waals surface area contributed by atoms with E-state index in [1.54, 1.807) is 7.11 Å². The van der Waals surface area contributed by atoms with Crippen LogP contribution in [0.15, 0.2) is 0 Å². The highest BCUT2D eigenvalue weighted by Gasteiger charge is 2.27. The molecule has 0 aliphatic rings. The van der Waals surface area contributed by atoms with E-state index in [9.17, 15) is 4.79 Å². The molecular weight excluding hydrogens is 238 g/mol. The molecule has 6 heteroatoms. The zero-order valence-corrected chi connectivity index (χ0v) is 11.7. The van der Waals surface area contributed by atoms with Gasteiger partial charge in [0.25, 0.3) is 0 Å². The van der Waals surface area contributed by atoms with Crippen molar-refractivity contribution in [3.63, 3.8) is 0 Å². The molecule has 6 nitrogen and oxygen atoms in total. The zero-order chi connectivity index (χ0) is 14.0. The van der Waals surface area contributed by atoms with Gasteiger partial charge >= 0.3 is 6.09 Å². The summed E-state index contributed by atoms with van der Waals surface area (Å²) in [5, 5.41) is 0. The van der Waals surface area contributed by atoms with Gasteiger partial charge in [-0.05, 0) is 0 Å². The van der Waals surface area contributed by atoms with Gasteiger partial charge in [-0.3, -0.25) is 0 Å². The predicted octanol–water partition coefficient (Wildman–Crippen LogP) is 1.18. The van der Waals surface area contributed by atoms with E-state index in [1.165, 1.54) is 0 Å². The third-order valence-corrected chi connectivity index (χ3v) is 2.30. The van der Waals surface area contributed by atoms with Crippen LogP contribution in [0.25, 0.3) is 0 Å². The second kappa shape index (κ2) is 9.13. The van der Waals surface area contributed by atoms with Crippen molar-refractivity contribution in [3.05, 3.63) is 0 Å². The van der Waals surface area contributed by atoms with Crippen LogP contribution in [0.4, 0.5) is 4.79 Å². The molecule has 18 heavy (non-hydrogen) atoms. The van der Waals surface area contributed by atoms with Crippen LogP contribution in [0, 0.1) is 5.41 Å². The molecule has 0 bridgehead atoms. The van der Waals surface area contributed by atoms with Gasteiger partial charge in [-0.2, -0.15) is 0 Å². The van der Waals surface area contributed by atoms with Crippen molar-refractivity contribution >= 4 is 6.09 Å². The van der Waals surface area contributed by atoms with Gasteiger partial charge < -0.3 is 24.7 Å². The van der Waals surface area contributed by atoms with Gasteiger partial charge in [-0.25, -0.2) is 4.79 Å². The summed E-state index contributed by atoms with van der Waals surface area (Å²) < 4.78 is 20.5. The molecule has 1 amide bonds. The topological polar surface area (TPSA) is 80.0 Å². The first-order chi connectivity index (χ1) is 8.38. The van der Waals surface area contributed by atoms with E-state index >= 15 is 0 Å². The maximum absolute atomic E-state index is 10.8. The first-order valence-corrected chi connectivity index (χ1v) is 5.98. The SMILES string of the molecule is COCCOCCOCC(OC(N)=O)C(C)(C)C. The van der Waals surface area contributed by atoms with Crippen molar-refractivity contribution in [1.29, 1.82) is 0 Å². The highest BCUT2D eigenvalue weighted by atomic mass is 16.6. The van der Waals surface area contributed by atoms with Gasteiger partial charge in [0, 0.05) is 12.5 Å². The van der Waals surface area contributed by atoms with Crippen molar-refractivity contribution in [2.24, 2.45) is 11.1 Å². The lowest BCUT2D eigenvalue weighted by Gasteiger charge is -2.29. The number of rotatable bonds is 9. The Morgan fingerprint density at radius 1 is 1.11 bits per heavy atom. The molecule has 1 unspecified atom stereocenters.